The van der Waals surface area contributed by atoms with E-state index < -0.39 is 21.8 Å². The SMILES string of the molecule is O=C(O)c1cc(-c2ccc(F)cc2Cl)cc(S(=O)(=O)NC2CC2)c1. The maximum absolute atomic E-state index is 13.2. The Balaban J connectivity index is 2.14. The van der Waals surface area contributed by atoms with E-state index in [4.69, 9.17) is 11.6 Å². The Labute approximate surface area is 143 Å². The van der Waals surface area contributed by atoms with Crippen LogP contribution >= 0.6 is 11.6 Å². The number of carboxylic acids is 1. The molecule has 0 amide bonds. The fourth-order valence-electron chi connectivity index (χ4n) is 2.25. The predicted octanol–water partition coefficient (Wildman–Crippen LogP) is 3.29. The van der Waals surface area contributed by atoms with Gasteiger partial charge < -0.3 is 5.11 Å². The van der Waals surface area contributed by atoms with Gasteiger partial charge in [0.15, 0.2) is 0 Å². The van der Waals surface area contributed by atoms with Crippen molar-refractivity contribution < 1.29 is 22.7 Å². The van der Waals surface area contributed by atoms with Crippen LogP contribution in [0.15, 0.2) is 41.3 Å². The summed E-state index contributed by atoms with van der Waals surface area (Å²) in [6, 6.07) is 7.25. The second-order valence-corrected chi connectivity index (χ2v) is 7.69. The largest absolute Gasteiger partial charge is 0.478 e. The van der Waals surface area contributed by atoms with E-state index in [1.807, 2.05) is 0 Å². The number of halogens is 2. The van der Waals surface area contributed by atoms with Gasteiger partial charge in [-0.15, -0.1) is 0 Å². The van der Waals surface area contributed by atoms with Gasteiger partial charge in [0.25, 0.3) is 0 Å². The zero-order valence-electron chi connectivity index (χ0n) is 12.3. The van der Waals surface area contributed by atoms with Gasteiger partial charge in [-0.05, 0) is 54.8 Å². The van der Waals surface area contributed by atoms with Crippen molar-refractivity contribution in [2.45, 2.75) is 23.8 Å². The summed E-state index contributed by atoms with van der Waals surface area (Å²) in [5.41, 5.74) is 0.448. The molecule has 1 fully saturated rings. The minimum atomic E-state index is -3.84. The zero-order chi connectivity index (χ0) is 17.5. The van der Waals surface area contributed by atoms with Crippen LogP contribution in [0, 0.1) is 5.82 Å². The van der Waals surface area contributed by atoms with Crippen LogP contribution in [0.3, 0.4) is 0 Å². The van der Waals surface area contributed by atoms with Gasteiger partial charge in [0.2, 0.25) is 10.0 Å². The molecule has 0 unspecified atom stereocenters. The van der Waals surface area contributed by atoms with Gasteiger partial charge in [0, 0.05) is 11.6 Å². The molecule has 0 bridgehead atoms. The van der Waals surface area contributed by atoms with Gasteiger partial charge in [0.05, 0.1) is 15.5 Å². The molecule has 3 rings (SSSR count). The molecule has 0 atom stereocenters. The lowest BCUT2D eigenvalue weighted by molar-refractivity contribution is 0.0696. The van der Waals surface area contributed by atoms with Crippen LogP contribution in [-0.2, 0) is 10.0 Å². The van der Waals surface area contributed by atoms with Crippen molar-refractivity contribution >= 4 is 27.6 Å². The van der Waals surface area contributed by atoms with E-state index >= 15 is 0 Å². The summed E-state index contributed by atoms with van der Waals surface area (Å²) < 4.78 is 40.5. The summed E-state index contributed by atoms with van der Waals surface area (Å²) in [4.78, 5) is 11.2. The lowest BCUT2D eigenvalue weighted by atomic mass is 10.0. The van der Waals surface area contributed by atoms with Gasteiger partial charge >= 0.3 is 5.97 Å². The highest BCUT2D eigenvalue weighted by molar-refractivity contribution is 7.89. The van der Waals surface area contributed by atoms with Crippen molar-refractivity contribution in [2.75, 3.05) is 0 Å². The summed E-state index contributed by atoms with van der Waals surface area (Å²) in [7, 11) is -3.84. The van der Waals surface area contributed by atoms with E-state index in [-0.39, 0.29) is 27.1 Å². The highest BCUT2D eigenvalue weighted by Crippen LogP contribution is 2.32. The molecule has 0 aliphatic heterocycles. The minimum Gasteiger partial charge on any atom is -0.478 e. The van der Waals surface area contributed by atoms with Crippen LogP contribution in [0.5, 0.6) is 0 Å². The van der Waals surface area contributed by atoms with Gasteiger partial charge in [-0.25, -0.2) is 22.3 Å². The number of hydrogen-bond acceptors (Lipinski definition) is 3. The van der Waals surface area contributed by atoms with Crippen molar-refractivity contribution in [1.29, 1.82) is 0 Å². The molecule has 126 valence electrons. The molecule has 2 N–H and O–H groups in total. The second-order valence-electron chi connectivity index (χ2n) is 5.57. The molecule has 2 aromatic carbocycles. The van der Waals surface area contributed by atoms with Crippen LogP contribution < -0.4 is 4.72 Å². The molecule has 0 aromatic heterocycles. The maximum Gasteiger partial charge on any atom is 0.335 e. The number of sulfonamides is 1. The fourth-order valence-corrected chi connectivity index (χ4v) is 3.90. The second kappa shape index (κ2) is 6.16. The van der Waals surface area contributed by atoms with Gasteiger partial charge in [0.1, 0.15) is 5.82 Å². The van der Waals surface area contributed by atoms with Crippen LogP contribution in [0.4, 0.5) is 4.39 Å². The standard InChI is InChI=1S/C16H13ClFNO4S/c17-15-8-11(18)1-4-14(15)9-5-10(16(20)21)7-13(6-9)24(22,23)19-12-2-3-12/h1,4-8,12,19H,2-3H2,(H,20,21). The van der Waals surface area contributed by atoms with Crippen LogP contribution in [-0.4, -0.2) is 25.5 Å². The summed E-state index contributed by atoms with van der Waals surface area (Å²) in [5, 5.41) is 9.31. The molecule has 2 aromatic rings. The number of aromatic carboxylic acids is 1. The number of rotatable bonds is 5. The summed E-state index contributed by atoms with van der Waals surface area (Å²) in [5.74, 6) is -1.81. The molecule has 5 nitrogen and oxygen atoms in total. The molecule has 0 heterocycles. The Kier molecular flexibility index (Phi) is 4.33. The molecule has 0 spiro atoms. The highest BCUT2D eigenvalue weighted by atomic mass is 35.5. The van der Waals surface area contributed by atoms with Crippen molar-refractivity contribution in [2.24, 2.45) is 0 Å². The van der Waals surface area contributed by atoms with Crippen LogP contribution in [0.2, 0.25) is 5.02 Å². The van der Waals surface area contributed by atoms with E-state index in [0.717, 1.165) is 25.0 Å². The van der Waals surface area contributed by atoms with Crippen molar-refractivity contribution in [3.05, 3.63) is 52.8 Å². The molecule has 8 heteroatoms. The van der Waals surface area contributed by atoms with Gasteiger partial charge in [-0.1, -0.05) is 11.6 Å². The van der Waals surface area contributed by atoms with E-state index in [9.17, 15) is 22.7 Å². The highest BCUT2D eigenvalue weighted by Gasteiger charge is 2.29. The van der Waals surface area contributed by atoms with Crippen LogP contribution in [0.25, 0.3) is 11.1 Å². The molecule has 24 heavy (non-hydrogen) atoms. The zero-order valence-corrected chi connectivity index (χ0v) is 13.9. The topological polar surface area (TPSA) is 83.5 Å². The molecule has 0 radical (unpaired) electrons. The Bertz CT molecular complexity index is 926. The first kappa shape index (κ1) is 16.9. The molecule has 0 saturated heterocycles. The normalized spacial score (nSPS) is 14.6. The number of benzene rings is 2. The van der Waals surface area contributed by atoms with Crippen molar-refractivity contribution in [3.8, 4) is 11.1 Å². The Morgan fingerprint density at radius 2 is 1.92 bits per heavy atom. The molecule has 1 saturated carbocycles. The molecular formula is C16H13ClFNO4S. The smallest absolute Gasteiger partial charge is 0.335 e. The fraction of sp³-hybridized carbons (Fsp3) is 0.188. The first-order chi connectivity index (χ1) is 11.3. The number of nitrogens with one attached hydrogen (secondary N) is 1. The number of hydrogen-bond donors (Lipinski definition) is 2. The lowest BCUT2D eigenvalue weighted by Gasteiger charge is -2.11. The summed E-state index contributed by atoms with van der Waals surface area (Å²) in [6.07, 6.45) is 1.52. The van der Waals surface area contributed by atoms with E-state index in [1.54, 1.807) is 0 Å². The number of carbonyl (C=O) groups is 1. The Morgan fingerprint density at radius 1 is 1.21 bits per heavy atom. The molecular weight excluding hydrogens is 357 g/mol. The first-order valence-electron chi connectivity index (χ1n) is 7.12. The third-order valence-corrected chi connectivity index (χ3v) is 5.42. The average Bonchev–Trinajstić information content (AvgIpc) is 3.30. The third-order valence-electron chi connectivity index (χ3n) is 3.61. The Hall–Kier alpha value is -1.96. The summed E-state index contributed by atoms with van der Waals surface area (Å²) >= 11 is 6.00. The third kappa shape index (κ3) is 3.58. The Morgan fingerprint density at radius 3 is 2.50 bits per heavy atom. The predicted molar refractivity (Wildman–Crippen MR) is 87.1 cm³/mol. The number of carboxylic acid groups (broad SMARTS) is 1. The minimum absolute atomic E-state index is 0.0658. The average molecular weight is 370 g/mol. The van der Waals surface area contributed by atoms with Crippen LogP contribution in [0.1, 0.15) is 23.2 Å². The van der Waals surface area contributed by atoms with E-state index in [0.29, 0.717) is 5.56 Å². The molecule has 1 aliphatic carbocycles. The van der Waals surface area contributed by atoms with Crippen molar-refractivity contribution in [1.82, 2.24) is 4.72 Å². The van der Waals surface area contributed by atoms with E-state index in [1.165, 1.54) is 24.3 Å². The van der Waals surface area contributed by atoms with Gasteiger partial charge in [-0.2, -0.15) is 0 Å². The summed E-state index contributed by atoms with van der Waals surface area (Å²) in [6.45, 7) is 0. The lowest BCUT2D eigenvalue weighted by Crippen LogP contribution is -2.26. The maximum atomic E-state index is 13.2. The van der Waals surface area contributed by atoms with Crippen molar-refractivity contribution in [3.63, 3.8) is 0 Å². The first-order valence-corrected chi connectivity index (χ1v) is 8.98. The molecule has 1 aliphatic rings. The quantitative estimate of drug-likeness (QED) is 0.847. The van der Waals surface area contributed by atoms with Gasteiger partial charge in [-0.3, -0.25) is 0 Å². The van der Waals surface area contributed by atoms with E-state index in [2.05, 4.69) is 4.72 Å². The monoisotopic (exact) mass is 369 g/mol.